The van der Waals surface area contributed by atoms with Gasteiger partial charge in [0.25, 0.3) is 10.0 Å². The molecule has 2 amide bonds. The van der Waals surface area contributed by atoms with Gasteiger partial charge in [-0.05, 0) is 72.4 Å². The van der Waals surface area contributed by atoms with Crippen molar-refractivity contribution >= 4 is 39.1 Å². The van der Waals surface area contributed by atoms with Gasteiger partial charge in [0, 0.05) is 24.5 Å². The number of nitrogens with zero attached hydrogens (tertiary/aromatic N) is 2. The van der Waals surface area contributed by atoms with E-state index in [1.165, 1.54) is 4.90 Å². The molecule has 0 spiro atoms. The Labute approximate surface area is 278 Å². The van der Waals surface area contributed by atoms with Crippen molar-refractivity contribution in [2.45, 2.75) is 63.9 Å². The molecule has 9 heteroatoms. The zero-order valence-corrected chi connectivity index (χ0v) is 28.4. The van der Waals surface area contributed by atoms with Gasteiger partial charge in [0.2, 0.25) is 11.8 Å². The molecule has 0 aliphatic rings. The Hall–Kier alpha value is -4.14. The molecule has 46 heavy (non-hydrogen) atoms. The summed E-state index contributed by atoms with van der Waals surface area (Å²) in [6.45, 7) is 7.95. The molecule has 0 heterocycles. The van der Waals surface area contributed by atoms with Crippen molar-refractivity contribution in [3.8, 4) is 0 Å². The van der Waals surface area contributed by atoms with Gasteiger partial charge in [0.15, 0.2) is 0 Å². The van der Waals surface area contributed by atoms with Gasteiger partial charge in [-0.15, -0.1) is 0 Å². The molecule has 242 valence electrons. The first-order chi connectivity index (χ1) is 22.0. The minimum atomic E-state index is -4.17. The fourth-order valence-electron chi connectivity index (χ4n) is 5.14. The third-order valence-corrected chi connectivity index (χ3v) is 9.82. The number of hydrogen-bond acceptors (Lipinski definition) is 4. The number of hydrogen-bond donors (Lipinski definition) is 1. The van der Waals surface area contributed by atoms with Gasteiger partial charge in [-0.25, -0.2) is 8.42 Å². The molecule has 1 atom stereocenters. The summed E-state index contributed by atoms with van der Waals surface area (Å²) < 4.78 is 29.6. The maximum Gasteiger partial charge on any atom is 0.264 e. The third kappa shape index (κ3) is 8.98. The lowest BCUT2D eigenvalue weighted by Crippen LogP contribution is -2.53. The number of aryl methyl sites for hydroxylation is 1. The molecular formula is C37H42ClN3O4S. The Balaban J connectivity index is 1.80. The Kier molecular flexibility index (Phi) is 12.0. The number of carbonyl (C=O) groups is 2. The van der Waals surface area contributed by atoms with E-state index in [1.807, 2.05) is 62.4 Å². The second kappa shape index (κ2) is 15.9. The van der Waals surface area contributed by atoms with Crippen molar-refractivity contribution in [3.05, 3.63) is 130 Å². The first-order valence-corrected chi connectivity index (χ1v) is 17.4. The quantitative estimate of drug-likeness (QED) is 0.156. The lowest BCUT2D eigenvalue weighted by molar-refractivity contribution is -0.140. The average molecular weight is 660 g/mol. The van der Waals surface area contributed by atoms with E-state index in [9.17, 15) is 18.0 Å². The van der Waals surface area contributed by atoms with Crippen LogP contribution < -0.4 is 9.62 Å². The molecule has 4 aromatic rings. The summed E-state index contributed by atoms with van der Waals surface area (Å²) in [5, 5.41) is 3.45. The molecule has 4 aromatic carbocycles. The van der Waals surface area contributed by atoms with Crippen LogP contribution in [0, 0.1) is 6.92 Å². The molecule has 0 aromatic heterocycles. The molecule has 0 aliphatic heterocycles. The number of benzene rings is 4. The zero-order valence-electron chi connectivity index (χ0n) is 26.8. The van der Waals surface area contributed by atoms with Crippen molar-refractivity contribution in [2.75, 3.05) is 17.4 Å². The van der Waals surface area contributed by atoms with E-state index >= 15 is 0 Å². The van der Waals surface area contributed by atoms with Crippen LogP contribution in [0.5, 0.6) is 0 Å². The van der Waals surface area contributed by atoms with Gasteiger partial charge >= 0.3 is 0 Å². The fourth-order valence-corrected chi connectivity index (χ4v) is 6.77. The predicted molar refractivity (Wildman–Crippen MR) is 185 cm³/mol. The summed E-state index contributed by atoms with van der Waals surface area (Å²) in [4.78, 5) is 29.8. The Morgan fingerprint density at radius 3 is 2.11 bits per heavy atom. The maximum atomic E-state index is 14.5. The average Bonchev–Trinajstić information content (AvgIpc) is 3.04. The Bertz CT molecular complexity index is 1710. The summed E-state index contributed by atoms with van der Waals surface area (Å²) in [7, 11) is -4.17. The summed E-state index contributed by atoms with van der Waals surface area (Å²) in [5.41, 5.74) is 3.90. The maximum absolute atomic E-state index is 14.5. The summed E-state index contributed by atoms with van der Waals surface area (Å²) in [5.74, 6) is -0.585. The Morgan fingerprint density at radius 1 is 0.848 bits per heavy atom. The monoisotopic (exact) mass is 659 g/mol. The van der Waals surface area contributed by atoms with E-state index in [0.717, 1.165) is 33.0 Å². The molecule has 0 radical (unpaired) electrons. The van der Waals surface area contributed by atoms with Crippen LogP contribution >= 0.6 is 11.6 Å². The van der Waals surface area contributed by atoms with Crippen molar-refractivity contribution < 1.29 is 18.0 Å². The summed E-state index contributed by atoms with van der Waals surface area (Å²) >= 11 is 6.32. The first kappa shape index (κ1) is 34.7. The minimum Gasteiger partial charge on any atom is -0.354 e. The number of sulfonamides is 1. The highest BCUT2D eigenvalue weighted by atomic mass is 35.5. The van der Waals surface area contributed by atoms with Crippen LogP contribution in [-0.4, -0.2) is 44.3 Å². The van der Waals surface area contributed by atoms with Gasteiger partial charge in [-0.2, -0.15) is 0 Å². The smallest absolute Gasteiger partial charge is 0.264 e. The standard InChI is InChI=1S/C37H42ClN3O4S/c1-5-22-39-37(43)35(24-29-10-7-6-8-11-29)40(25-30-12-9-13-32(38)23-30)36(42)26-41(33-18-16-31(17-19-33)27(2)3)46(44,45)34-20-14-28(4)15-21-34/h6-21,23,27,35H,5,22,24-26H2,1-4H3,(H,39,43). The zero-order chi connectivity index (χ0) is 33.3. The molecule has 7 nitrogen and oxygen atoms in total. The van der Waals surface area contributed by atoms with Gasteiger partial charge in [0.05, 0.1) is 10.6 Å². The van der Waals surface area contributed by atoms with E-state index in [1.54, 1.807) is 54.6 Å². The van der Waals surface area contributed by atoms with Crippen LogP contribution in [0.4, 0.5) is 5.69 Å². The Morgan fingerprint density at radius 2 is 1.50 bits per heavy atom. The lowest BCUT2D eigenvalue weighted by Gasteiger charge is -2.34. The number of anilines is 1. The highest BCUT2D eigenvalue weighted by molar-refractivity contribution is 7.92. The van der Waals surface area contributed by atoms with Gasteiger partial charge < -0.3 is 10.2 Å². The fraction of sp³-hybridized carbons (Fsp3) is 0.297. The van der Waals surface area contributed by atoms with Crippen molar-refractivity contribution in [1.82, 2.24) is 10.2 Å². The number of amides is 2. The number of rotatable bonds is 14. The third-order valence-electron chi connectivity index (χ3n) is 7.80. The minimum absolute atomic E-state index is 0.0567. The normalized spacial score (nSPS) is 12.0. The van der Waals surface area contributed by atoms with E-state index in [2.05, 4.69) is 19.2 Å². The SMILES string of the molecule is CCCNC(=O)C(Cc1ccccc1)N(Cc1cccc(Cl)c1)C(=O)CN(c1ccc(C(C)C)cc1)S(=O)(=O)c1ccc(C)cc1. The highest BCUT2D eigenvalue weighted by Gasteiger charge is 2.34. The van der Waals surface area contributed by atoms with E-state index in [0.29, 0.717) is 17.3 Å². The first-order valence-electron chi connectivity index (χ1n) is 15.5. The molecule has 0 fully saturated rings. The van der Waals surface area contributed by atoms with Crippen LogP contribution in [0.15, 0.2) is 108 Å². The molecule has 0 saturated heterocycles. The van der Waals surface area contributed by atoms with Crippen molar-refractivity contribution in [1.29, 1.82) is 0 Å². The number of halogens is 1. The van der Waals surface area contributed by atoms with E-state index < -0.39 is 28.5 Å². The number of carbonyl (C=O) groups excluding carboxylic acids is 2. The van der Waals surface area contributed by atoms with Gasteiger partial charge in [-0.1, -0.05) is 105 Å². The van der Waals surface area contributed by atoms with Crippen LogP contribution in [0.3, 0.4) is 0 Å². The second-order valence-corrected chi connectivity index (χ2v) is 14.0. The molecule has 0 aliphatic carbocycles. The number of nitrogens with one attached hydrogen (secondary N) is 1. The van der Waals surface area contributed by atoms with Crippen molar-refractivity contribution in [2.24, 2.45) is 0 Å². The van der Waals surface area contributed by atoms with E-state index in [-0.39, 0.29) is 29.7 Å². The van der Waals surface area contributed by atoms with Crippen LogP contribution in [0.25, 0.3) is 0 Å². The van der Waals surface area contributed by atoms with Crippen LogP contribution in [0.2, 0.25) is 5.02 Å². The highest BCUT2D eigenvalue weighted by Crippen LogP contribution is 2.27. The molecule has 4 rings (SSSR count). The molecular weight excluding hydrogens is 618 g/mol. The van der Waals surface area contributed by atoms with E-state index in [4.69, 9.17) is 11.6 Å². The topological polar surface area (TPSA) is 86.8 Å². The summed E-state index contributed by atoms with van der Waals surface area (Å²) in [6.07, 6.45) is 0.970. The summed E-state index contributed by atoms with van der Waals surface area (Å²) in [6, 6.07) is 29.4. The second-order valence-electron chi connectivity index (χ2n) is 11.7. The van der Waals surface area contributed by atoms with Crippen molar-refractivity contribution in [3.63, 3.8) is 0 Å². The molecule has 0 saturated carbocycles. The van der Waals surface area contributed by atoms with Crippen LogP contribution in [0.1, 0.15) is 55.4 Å². The van der Waals surface area contributed by atoms with Gasteiger partial charge in [0.1, 0.15) is 12.6 Å². The van der Waals surface area contributed by atoms with Gasteiger partial charge in [-0.3, -0.25) is 13.9 Å². The largest absolute Gasteiger partial charge is 0.354 e. The molecule has 1 unspecified atom stereocenters. The lowest BCUT2D eigenvalue weighted by atomic mass is 10.0. The molecule has 1 N–H and O–H groups in total. The predicted octanol–water partition coefficient (Wildman–Crippen LogP) is 7.13. The van der Waals surface area contributed by atoms with Crippen LogP contribution in [-0.2, 0) is 32.6 Å². The molecule has 0 bridgehead atoms.